The maximum absolute atomic E-state index is 11.8. The molecule has 2 aromatic rings. The van der Waals surface area contributed by atoms with Crippen LogP contribution in [0.25, 0.3) is 11.1 Å². The average molecular weight is 348 g/mol. The summed E-state index contributed by atoms with van der Waals surface area (Å²) in [6.45, 7) is 2.63. The smallest absolute Gasteiger partial charge is 0.407 e. The molecule has 0 radical (unpaired) electrons. The molecule has 0 bridgehead atoms. The third kappa shape index (κ3) is 3.71. The van der Waals surface area contributed by atoms with Crippen LogP contribution in [0.1, 0.15) is 24.0 Å². The number of aliphatic hydroxyl groups is 1. The zero-order chi connectivity index (χ0) is 16.2. The molecule has 3 rings (SSSR count). The zero-order valence-electron chi connectivity index (χ0n) is 13.6. The van der Waals surface area contributed by atoms with E-state index in [4.69, 9.17) is 9.84 Å². The fourth-order valence-corrected chi connectivity index (χ4v) is 2.97. The molecule has 1 aliphatic carbocycles. The molecule has 1 amide bonds. The van der Waals surface area contributed by atoms with E-state index >= 15 is 0 Å². The summed E-state index contributed by atoms with van der Waals surface area (Å²) in [6, 6.07) is 16.5. The van der Waals surface area contributed by atoms with Crippen LogP contribution in [0, 0.1) is 5.92 Å². The fourth-order valence-electron chi connectivity index (χ4n) is 2.97. The molecule has 2 aromatic carbocycles. The zero-order valence-corrected chi connectivity index (χ0v) is 14.4. The molecule has 128 valence electrons. The first kappa shape index (κ1) is 18.3. The molecule has 2 N–H and O–H groups in total. The van der Waals surface area contributed by atoms with E-state index in [1.54, 1.807) is 0 Å². The van der Waals surface area contributed by atoms with Gasteiger partial charge >= 0.3 is 6.09 Å². The number of nitrogens with one attached hydrogen (secondary N) is 1. The minimum absolute atomic E-state index is 0. The summed E-state index contributed by atoms with van der Waals surface area (Å²) in [5.41, 5.74) is 4.83. The molecule has 4 nitrogen and oxygen atoms in total. The predicted octanol–water partition coefficient (Wildman–Crippen LogP) is 3.58. The molecule has 0 heterocycles. The van der Waals surface area contributed by atoms with Crippen LogP contribution in [0.3, 0.4) is 0 Å². The Balaban J connectivity index is 0.00000208. The summed E-state index contributed by atoms with van der Waals surface area (Å²) < 4.78 is 5.40. The normalized spacial score (nSPS) is 13.4. The number of alkyl carbamates (subject to hydrolysis) is 1. The summed E-state index contributed by atoms with van der Waals surface area (Å²) >= 11 is 0. The van der Waals surface area contributed by atoms with Gasteiger partial charge in [0.1, 0.15) is 6.61 Å². The van der Waals surface area contributed by atoms with Gasteiger partial charge in [-0.1, -0.05) is 55.5 Å². The number of carbonyl (C=O) groups is 1. The van der Waals surface area contributed by atoms with Gasteiger partial charge in [-0.3, -0.25) is 0 Å². The van der Waals surface area contributed by atoms with Crippen molar-refractivity contribution in [3.63, 3.8) is 0 Å². The summed E-state index contributed by atoms with van der Waals surface area (Å²) in [5.74, 6) is 0.0962. The Morgan fingerprint density at radius 1 is 1.12 bits per heavy atom. The number of amides is 1. The largest absolute Gasteiger partial charge is 0.449 e. The molecule has 0 spiro atoms. The van der Waals surface area contributed by atoms with Gasteiger partial charge in [-0.2, -0.15) is 0 Å². The van der Waals surface area contributed by atoms with E-state index in [1.165, 1.54) is 22.3 Å². The maximum atomic E-state index is 11.8. The van der Waals surface area contributed by atoms with Gasteiger partial charge in [0.25, 0.3) is 0 Å². The van der Waals surface area contributed by atoms with E-state index in [9.17, 15) is 4.79 Å². The molecule has 1 atom stereocenters. The SMILES string of the molecule is C[C@@H](CO)CNC(=O)OCC1c2ccccc2-c2ccccc21.Cl. The van der Waals surface area contributed by atoms with Gasteiger partial charge in [0.2, 0.25) is 0 Å². The highest BCUT2D eigenvalue weighted by molar-refractivity contribution is 5.85. The lowest BCUT2D eigenvalue weighted by Gasteiger charge is -2.15. The number of ether oxygens (including phenoxy) is 1. The summed E-state index contributed by atoms with van der Waals surface area (Å²) in [5, 5.41) is 11.7. The van der Waals surface area contributed by atoms with Crippen LogP contribution in [-0.2, 0) is 4.74 Å². The summed E-state index contributed by atoms with van der Waals surface area (Å²) in [7, 11) is 0. The molecule has 0 aliphatic heterocycles. The topological polar surface area (TPSA) is 58.6 Å². The third-order valence-electron chi connectivity index (χ3n) is 4.25. The lowest BCUT2D eigenvalue weighted by molar-refractivity contribution is 0.139. The number of fused-ring (bicyclic) bond motifs is 3. The van der Waals surface area contributed by atoms with Crippen LogP contribution >= 0.6 is 12.4 Å². The third-order valence-corrected chi connectivity index (χ3v) is 4.25. The average Bonchev–Trinajstić information content (AvgIpc) is 2.92. The first-order valence-electron chi connectivity index (χ1n) is 7.90. The van der Waals surface area contributed by atoms with Gasteiger partial charge in [0, 0.05) is 19.1 Å². The second-order valence-electron chi connectivity index (χ2n) is 5.99. The van der Waals surface area contributed by atoms with Crippen LogP contribution in [0.5, 0.6) is 0 Å². The van der Waals surface area contributed by atoms with Crippen molar-refractivity contribution in [3.05, 3.63) is 59.7 Å². The van der Waals surface area contributed by atoms with E-state index in [2.05, 4.69) is 29.6 Å². The van der Waals surface area contributed by atoms with Crippen LogP contribution < -0.4 is 5.32 Å². The number of aliphatic hydroxyl groups excluding tert-OH is 1. The Bertz CT molecular complexity index is 659. The maximum Gasteiger partial charge on any atom is 0.407 e. The molecular weight excluding hydrogens is 326 g/mol. The molecule has 0 saturated carbocycles. The van der Waals surface area contributed by atoms with E-state index in [0.29, 0.717) is 13.2 Å². The molecular formula is C19H22ClNO3. The van der Waals surface area contributed by atoms with Gasteiger partial charge in [-0.05, 0) is 28.2 Å². The first-order valence-corrected chi connectivity index (χ1v) is 7.90. The van der Waals surface area contributed by atoms with Gasteiger partial charge in [0.15, 0.2) is 0 Å². The lowest BCUT2D eigenvalue weighted by Crippen LogP contribution is -2.31. The Labute approximate surface area is 148 Å². The van der Waals surface area contributed by atoms with Crippen molar-refractivity contribution in [1.29, 1.82) is 0 Å². The molecule has 0 unspecified atom stereocenters. The molecule has 1 aliphatic rings. The molecule has 5 heteroatoms. The number of hydrogen-bond donors (Lipinski definition) is 2. The van der Waals surface area contributed by atoms with Crippen LogP contribution in [-0.4, -0.2) is 31.0 Å². The van der Waals surface area contributed by atoms with Crippen LogP contribution in [0.15, 0.2) is 48.5 Å². The van der Waals surface area contributed by atoms with Crippen molar-refractivity contribution in [3.8, 4) is 11.1 Å². The fraction of sp³-hybridized carbons (Fsp3) is 0.316. The highest BCUT2D eigenvalue weighted by atomic mass is 35.5. The minimum atomic E-state index is -0.438. The second kappa shape index (κ2) is 8.18. The molecule has 0 aromatic heterocycles. The van der Waals surface area contributed by atoms with E-state index in [1.807, 2.05) is 31.2 Å². The summed E-state index contributed by atoms with van der Waals surface area (Å²) in [4.78, 5) is 11.8. The Morgan fingerprint density at radius 2 is 1.67 bits per heavy atom. The predicted molar refractivity (Wildman–Crippen MR) is 96.6 cm³/mol. The number of benzene rings is 2. The van der Waals surface area contributed by atoms with Crippen LogP contribution in [0.4, 0.5) is 4.79 Å². The number of rotatable bonds is 5. The lowest BCUT2D eigenvalue weighted by atomic mass is 9.98. The van der Waals surface area contributed by atoms with Gasteiger partial charge in [0.05, 0.1) is 0 Å². The number of carbonyl (C=O) groups excluding carboxylic acids is 1. The van der Waals surface area contributed by atoms with Gasteiger partial charge in [-0.15, -0.1) is 12.4 Å². The Hall–Kier alpha value is -2.04. The van der Waals surface area contributed by atoms with Gasteiger partial charge < -0.3 is 15.2 Å². The molecule has 0 fully saturated rings. The minimum Gasteiger partial charge on any atom is -0.449 e. The van der Waals surface area contributed by atoms with Crippen molar-refractivity contribution in [1.82, 2.24) is 5.32 Å². The Morgan fingerprint density at radius 3 is 2.21 bits per heavy atom. The first-order chi connectivity index (χ1) is 11.2. The quantitative estimate of drug-likeness (QED) is 0.869. The van der Waals surface area contributed by atoms with Crippen molar-refractivity contribution in [2.45, 2.75) is 12.8 Å². The van der Waals surface area contributed by atoms with E-state index < -0.39 is 6.09 Å². The highest BCUT2D eigenvalue weighted by Crippen LogP contribution is 2.44. The van der Waals surface area contributed by atoms with E-state index in [0.717, 1.165) is 0 Å². The summed E-state index contributed by atoms with van der Waals surface area (Å²) in [6.07, 6.45) is -0.438. The van der Waals surface area contributed by atoms with Crippen molar-refractivity contribution >= 4 is 18.5 Å². The standard InChI is InChI=1S/C19H21NO3.ClH/c1-13(11-21)10-20-19(22)23-12-18-16-8-4-2-6-14(16)15-7-3-5-9-17(15)18;/h2-9,13,18,21H,10-12H2,1H3,(H,20,22);1H/t13-;/m1./s1. The van der Waals surface area contributed by atoms with Crippen LogP contribution in [0.2, 0.25) is 0 Å². The molecule has 0 saturated heterocycles. The number of hydrogen-bond acceptors (Lipinski definition) is 3. The monoisotopic (exact) mass is 347 g/mol. The van der Waals surface area contributed by atoms with Gasteiger partial charge in [-0.25, -0.2) is 4.79 Å². The highest BCUT2D eigenvalue weighted by Gasteiger charge is 2.28. The second-order valence-corrected chi connectivity index (χ2v) is 5.99. The van der Waals surface area contributed by atoms with Crippen molar-refractivity contribution < 1.29 is 14.6 Å². The Kier molecular flexibility index (Phi) is 6.23. The van der Waals surface area contributed by atoms with Crippen molar-refractivity contribution in [2.24, 2.45) is 5.92 Å². The number of halogens is 1. The van der Waals surface area contributed by atoms with Crippen molar-refractivity contribution in [2.75, 3.05) is 19.8 Å². The van der Waals surface area contributed by atoms with E-state index in [-0.39, 0.29) is 30.8 Å². The molecule has 24 heavy (non-hydrogen) atoms.